The van der Waals surface area contributed by atoms with Crippen LogP contribution in [-0.4, -0.2) is 97.7 Å². The van der Waals surface area contributed by atoms with E-state index in [-0.39, 0.29) is 52.7 Å². The van der Waals surface area contributed by atoms with Gasteiger partial charge in [0.1, 0.15) is 5.50 Å². The van der Waals surface area contributed by atoms with E-state index in [1.165, 1.54) is 0 Å². The molecule has 4 heterocycles. The Balaban J connectivity index is 1.14. The molecule has 5 rings (SSSR count). The second-order valence-corrected chi connectivity index (χ2v) is 13.5. The van der Waals surface area contributed by atoms with Gasteiger partial charge < -0.3 is 25.0 Å². The van der Waals surface area contributed by atoms with Crippen molar-refractivity contribution >= 4 is 35.2 Å². The van der Waals surface area contributed by atoms with Crippen LogP contribution in [0.2, 0.25) is 0 Å². The molecule has 37 heavy (non-hydrogen) atoms. The third-order valence-electron chi connectivity index (χ3n) is 9.40. The number of alkyl halides is 1. The van der Waals surface area contributed by atoms with Crippen molar-refractivity contribution in [3.63, 3.8) is 0 Å². The smallest absolute Gasteiger partial charge is 0.226 e. The fourth-order valence-corrected chi connectivity index (χ4v) is 8.95. The summed E-state index contributed by atoms with van der Waals surface area (Å²) in [5, 5.41) is 14.0. The van der Waals surface area contributed by atoms with E-state index < -0.39 is 0 Å². The van der Waals surface area contributed by atoms with Gasteiger partial charge in [0.05, 0.1) is 23.6 Å². The Morgan fingerprint density at radius 3 is 2.49 bits per heavy atom. The zero-order valence-corrected chi connectivity index (χ0v) is 23.9. The summed E-state index contributed by atoms with van der Waals surface area (Å²) in [6.45, 7) is 5.05. The molecular weight excluding hydrogens is 514 g/mol. The molecule has 2 amide bonds. The Kier molecular flexibility index (Phi) is 9.26. The van der Waals surface area contributed by atoms with Crippen molar-refractivity contribution in [3.05, 3.63) is 0 Å². The van der Waals surface area contributed by atoms with E-state index in [1.54, 1.807) is 26.0 Å². The van der Waals surface area contributed by atoms with E-state index in [1.807, 2.05) is 4.90 Å². The quantitative estimate of drug-likeness (QED) is 0.286. The molecule has 9 unspecified atom stereocenters. The number of fused-ring (bicyclic) bond motifs is 1. The highest BCUT2D eigenvalue weighted by molar-refractivity contribution is 8.00. The first kappa shape index (κ1) is 27.9. The number of ether oxygens (including phenoxy) is 2. The number of amides is 2. The van der Waals surface area contributed by atoms with Crippen LogP contribution in [0, 0.1) is 23.7 Å². The van der Waals surface area contributed by atoms with Crippen LogP contribution in [0.5, 0.6) is 0 Å². The van der Waals surface area contributed by atoms with Crippen molar-refractivity contribution in [3.8, 4) is 0 Å². The first-order valence-electron chi connectivity index (χ1n) is 14.0. The maximum Gasteiger partial charge on any atom is 0.226 e. The number of piperidine rings is 2. The molecule has 0 aromatic carbocycles. The summed E-state index contributed by atoms with van der Waals surface area (Å²) < 4.78 is 11.3. The number of halogens is 1. The minimum Gasteiger partial charge on any atom is -0.381 e. The summed E-state index contributed by atoms with van der Waals surface area (Å²) in [6, 6.07) is 0.579. The van der Waals surface area contributed by atoms with Crippen LogP contribution >= 0.6 is 23.4 Å². The number of rotatable bonds is 6. The monoisotopic (exact) mass is 557 g/mol. The van der Waals surface area contributed by atoms with Gasteiger partial charge in [0.15, 0.2) is 0 Å². The van der Waals surface area contributed by atoms with E-state index in [2.05, 4.69) is 28.2 Å². The number of likely N-dealkylation sites (tertiary alicyclic amines) is 1. The zero-order chi connectivity index (χ0) is 26.1. The average molecular weight is 558 g/mol. The second-order valence-electron chi connectivity index (χ2n) is 11.7. The van der Waals surface area contributed by atoms with Gasteiger partial charge in [0.25, 0.3) is 0 Å². The van der Waals surface area contributed by atoms with Crippen LogP contribution < -0.4 is 21.3 Å². The normalized spacial score (nSPS) is 44.4. The van der Waals surface area contributed by atoms with Crippen LogP contribution in [0.1, 0.15) is 45.4 Å². The topological polar surface area (TPSA) is 104 Å². The highest BCUT2D eigenvalue weighted by atomic mass is 35.5. The lowest BCUT2D eigenvalue weighted by Crippen LogP contribution is -2.57. The van der Waals surface area contributed by atoms with Crippen molar-refractivity contribution in [1.29, 1.82) is 0 Å². The van der Waals surface area contributed by atoms with E-state index in [0.29, 0.717) is 36.4 Å². The van der Waals surface area contributed by atoms with Crippen LogP contribution in [0.15, 0.2) is 0 Å². The molecule has 0 bridgehead atoms. The molecule has 1 saturated carbocycles. The molecule has 4 saturated heterocycles. The molecular formula is C26H44ClN5O4S. The van der Waals surface area contributed by atoms with Crippen molar-refractivity contribution in [2.24, 2.45) is 23.7 Å². The van der Waals surface area contributed by atoms with Crippen LogP contribution in [0.4, 0.5) is 0 Å². The van der Waals surface area contributed by atoms with Crippen molar-refractivity contribution < 1.29 is 19.1 Å². The minimum absolute atomic E-state index is 0.0620. The van der Waals surface area contributed by atoms with Gasteiger partial charge in [0, 0.05) is 63.7 Å². The molecule has 0 aromatic rings. The summed E-state index contributed by atoms with van der Waals surface area (Å²) in [5.74, 6) is 0.861. The van der Waals surface area contributed by atoms with Crippen LogP contribution in [-0.2, 0) is 19.1 Å². The van der Waals surface area contributed by atoms with E-state index in [9.17, 15) is 9.59 Å². The number of hydrogen-bond donors (Lipinski definition) is 4. The predicted molar refractivity (Wildman–Crippen MR) is 145 cm³/mol. The third-order valence-corrected chi connectivity index (χ3v) is 11.1. The summed E-state index contributed by atoms with van der Waals surface area (Å²) in [7, 11) is 3.51. The lowest BCUT2D eigenvalue weighted by molar-refractivity contribution is -0.136. The van der Waals surface area contributed by atoms with E-state index >= 15 is 0 Å². The molecule has 4 N–H and O–H groups in total. The number of carbonyl (C=O) groups is 2. The summed E-state index contributed by atoms with van der Waals surface area (Å²) in [5.41, 5.74) is -0.207. The standard InChI is InChI=1S/C26H44ClN5O4S/c1-14-8-17(18-9-23(27)29-11-21(18)36-3)19(10-28-14)24(33)31-26-30-20-12-32(13-22(20)37-26)25(34)15-4-6-16(35-2)7-5-15/h14-23,26,28-30H,4-13H2,1-3H3,(H,31,33). The number of carbonyl (C=O) groups excluding carboxylic acids is 2. The first-order chi connectivity index (χ1) is 17.9. The Morgan fingerprint density at radius 2 is 1.78 bits per heavy atom. The van der Waals surface area contributed by atoms with Gasteiger partial charge in [-0.25, -0.2) is 0 Å². The fourth-order valence-electron chi connectivity index (χ4n) is 7.25. The van der Waals surface area contributed by atoms with Gasteiger partial charge in [-0.2, -0.15) is 0 Å². The number of nitrogens with one attached hydrogen (secondary N) is 4. The average Bonchev–Trinajstić information content (AvgIpc) is 3.47. The van der Waals surface area contributed by atoms with Gasteiger partial charge >= 0.3 is 0 Å². The molecule has 9 nitrogen and oxygen atoms in total. The molecule has 4 aliphatic heterocycles. The minimum atomic E-state index is -0.121. The molecule has 210 valence electrons. The van der Waals surface area contributed by atoms with Gasteiger partial charge in [-0.05, 0) is 57.3 Å². The molecule has 9 atom stereocenters. The molecule has 5 fully saturated rings. The molecule has 11 heteroatoms. The van der Waals surface area contributed by atoms with Crippen LogP contribution in [0.3, 0.4) is 0 Å². The highest BCUT2D eigenvalue weighted by Gasteiger charge is 2.47. The SMILES string of the molecule is COC1CCC(C(=O)N2CC3NC(NC(=O)C4CNC(C)CC4C4CC(Cl)NCC4OC)SC3C2)CC1. The van der Waals surface area contributed by atoms with Gasteiger partial charge in [-0.1, -0.05) is 0 Å². The largest absolute Gasteiger partial charge is 0.381 e. The van der Waals surface area contributed by atoms with Crippen molar-refractivity contribution in [2.45, 2.75) is 86.0 Å². The van der Waals surface area contributed by atoms with Gasteiger partial charge in [0.2, 0.25) is 11.8 Å². The van der Waals surface area contributed by atoms with Crippen molar-refractivity contribution in [1.82, 2.24) is 26.2 Å². The number of hydrogen-bond acceptors (Lipinski definition) is 8. The molecule has 0 radical (unpaired) electrons. The maximum atomic E-state index is 13.6. The molecule has 0 spiro atoms. The number of methoxy groups -OCH3 is 2. The zero-order valence-electron chi connectivity index (χ0n) is 22.3. The molecule has 5 aliphatic rings. The molecule has 1 aliphatic carbocycles. The van der Waals surface area contributed by atoms with Crippen LogP contribution in [0.25, 0.3) is 0 Å². The number of nitrogens with zero attached hydrogens (tertiary/aromatic N) is 1. The van der Waals surface area contributed by atoms with Gasteiger partial charge in [-0.15, -0.1) is 23.4 Å². The summed E-state index contributed by atoms with van der Waals surface area (Å²) >= 11 is 8.23. The lowest BCUT2D eigenvalue weighted by atomic mass is 9.70. The Bertz CT molecular complexity index is 804. The Hall–Kier alpha value is -0.620. The maximum absolute atomic E-state index is 13.6. The Morgan fingerprint density at radius 1 is 1.00 bits per heavy atom. The third kappa shape index (κ3) is 6.26. The predicted octanol–water partition coefficient (Wildman–Crippen LogP) is 1.31. The van der Waals surface area contributed by atoms with E-state index in [0.717, 1.165) is 51.6 Å². The van der Waals surface area contributed by atoms with E-state index in [4.69, 9.17) is 21.1 Å². The fraction of sp³-hybridized carbons (Fsp3) is 0.923. The first-order valence-corrected chi connectivity index (χ1v) is 15.4. The van der Waals surface area contributed by atoms with Crippen molar-refractivity contribution in [2.75, 3.05) is 40.4 Å². The number of thioether (sulfide) groups is 1. The summed E-state index contributed by atoms with van der Waals surface area (Å²) in [6.07, 6.45) is 5.89. The summed E-state index contributed by atoms with van der Waals surface area (Å²) in [4.78, 5) is 28.7. The highest BCUT2D eigenvalue weighted by Crippen LogP contribution is 2.39. The molecule has 0 aromatic heterocycles. The Labute approximate surface area is 230 Å². The lowest BCUT2D eigenvalue weighted by Gasteiger charge is -2.45. The second kappa shape index (κ2) is 12.3. The van der Waals surface area contributed by atoms with Gasteiger partial charge in [-0.3, -0.25) is 20.2 Å².